The van der Waals surface area contributed by atoms with Gasteiger partial charge in [-0.15, -0.1) is 0 Å². The number of nitrogens with one attached hydrogen (secondary N) is 1. The summed E-state index contributed by atoms with van der Waals surface area (Å²) in [5, 5.41) is 8.95. The minimum atomic E-state index is -3.62. The molecular weight excluding hydrogens is 574 g/mol. The first-order valence-corrected chi connectivity index (χ1v) is 15.0. The van der Waals surface area contributed by atoms with Gasteiger partial charge in [0, 0.05) is 17.4 Å². The molecule has 39 heavy (non-hydrogen) atoms. The maximum absolute atomic E-state index is 12.8. The lowest BCUT2D eigenvalue weighted by molar-refractivity contribution is -0.137. The van der Waals surface area contributed by atoms with Crippen molar-refractivity contribution < 1.29 is 18.3 Å². The van der Waals surface area contributed by atoms with E-state index in [4.69, 9.17) is 5.11 Å². The number of carboxylic acids is 1. The van der Waals surface area contributed by atoms with Gasteiger partial charge in [-0.3, -0.25) is 4.79 Å². The molecule has 0 bridgehead atoms. The Labute approximate surface area is 238 Å². The average molecular weight is 605 g/mol. The van der Waals surface area contributed by atoms with Crippen LogP contribution in [0.15, 0.2) is 119 Å². The minimum absolute atomic E-state index is 0.133. The van der Waals surface area contributed by atoms with E-state index in [1.54, 1.807) is 12.1 Å². The minimum Gasteiger partial charge on any atom is -0.481 e. The summed E-state index contributed by atoms with van der Waals surface area (Å²) < 4.78 is 29.3. The maximum Gasteiger partial charge on any atom is 0.303 e. The average Bonchev–Trinajstić information content (AvgIpc) is 2.94. The summed E-state index contributed by atoms with van der Waals surface area (Å²) in [5.74, 6) is -0.795. The number of hydrogen-bond donors (Lipinski definition) is 2. The molecule has 0 saturated heterocycles. The smallest absolute Gasteiger partial charge is 0.303 e. The second-order valence-corrected chi connectivity index (χ2v) is 11.8. The molecule has 4 rings (SSSR count). The second-order valence-electron chi connectivity index (χ2n) is 9.15. The van der Waals surface area contributed by atoms with E-state index >= 15 is 0 Å². The topological polar surface area (TPSA) is 83.5 Å². The fourth-order valence-electron chi connectivity index (χ4n) is 4.28. The zero-order valence-corrected chi connectivity index (χ0v) is 23.8. The van der Waals surface area contributed by atoms with Crippen LogP contribution in [0.5, 0.6) is 0 Å². The zero-order valence-electron chi connectivity index (χ0n) is 21.4. The summed E-state index contributed by atoms with van der Waals surface area (Å²) in [4.78, 5) is 11.1. The van der Waals surface area contributed by atoms with Crippen molar-refractivity contribution in [1.29, 1.82) is 0 Å². The number of sulfonamides is 1. The van der Waals surface area contributed by atoms with E-state index < -0.39 is 16.0 Å². The van der Waals surface area contributed by atoms with E-state index in [1.165, 1.54) is 0 Å². The summed E-state index contributed by atoms with van der Waals surface area (Å²) in [6.45, 7) is 0.283. The fraction of sp³-hybridized carbons (Fsp3) is 0.156. The second kappa shape index (κ2) is 13.5. The monoisotopic (exact) mass is 603 g/mol. The number of unbranched alkanes of at least 4 members (excludes halogenated alkanes) is 1. The van der Waals surface area contributed by atoms with Crippen molar-refractivity contribution >= 4 is 37.5 Å². The largest absolute Gasteiger partial charge is 0.481 e. The Balaban J connectivity index is 1.39. The quantitative estimate of drug-likeness (QED) is 0.166. The van der Waals surface area contributed by atoms with Gasteiger partial charge in [0.2, 0.25) is 10.0 Å². The molecule has 2 N–H and O–H groups in total. The highest BCUT2D eigenvalue weighted by molar-refractivity contribution is 9.10. The van der Waals surface area contributed by atoms with Crippen molar-refractivity contribution in [2.24, 2.45) is 0 Å². The summed E-state index contributed by atoms with van der Waals surface area (Å²) in [6.07, 6.45) is 3.99. The van der Waals surface area contributed by atoms with Crippen LogP contribution in [0.4, 0.5) is 0 Å². The fourth-order valence-corrected chi connectivity index (χ4v) is 5.71. The molecule has 0 spiro atoms. The molecule has 0 unspecified atom stereocenters. The van der Waals surface area contributed by atoms with Crippen molar-refractivity contribution in [3.05, 3.63) is 130 Å². The van der Waals surface area contributed by atoms with E-state index in [1.807, 2.05) is 91.0 Å². The normalized spacial score (nSPS) is 11.9. The van der Waals surface area contributed by atoms with E-state index in [-0.39, 0.29) is 17.9 Å². The third-order valence-corrected chi connectivity index (χ3v) is 8.29. The number of carboxylic acid groups (broad SMARTS) is 1. The molecule has 0 atom stereocenters. The van der Waals surface area contributed by atoms with Crippen LogP contribution in [-0.2, 0) is 21.2 Å². The number of hydrogen-bond acceptors (Lipinski definition) is 3. The molecule has 0 aliphatic rings. The molecule has 0 heterocycles. The first kappa shape index (κ1) is 28.5. The third-order valence-electron chi connectivity index (χ3n) is 6.32. The van der Waals surface area contributed by atoms with Crippen LogP contribution in [0.25, 0.3) is 16.7 Å². The number of benzene rings is 4. The molecular formula is C32H30BrNO4S. The van der Waals surface area contributed by atoms with Crippen molar-refractivity contribution in [2.75, 3.05) is 6.54 Å². The van der Waals surface area contributed by atoms with Crippen LogP contribution in [0.1, 0.15) is 36.0 Å². The number of carbonyl (C=O) groups is 1. The summed E-state index contributed by atoms with van der Waals surface area (Å²) in [6, 6.07) is 32.8. The molecule has 200 valence electrons. The molecule has 0 amide bonds. The summed E-state index contributed by atoms with van der Waals surface area (Å²) in [5.41, 5.74) is 6.11. The Kier molecular flexibility index (Phi) is 9.87. The number of rotatable bonds is 12. The van der Waals surface area contributed by atoms with Crippen molar-refractivity contribution in [3.63, 3.8) is 0 Å². The van der Waals surface area contributed by atoms with E-state index in [9.17, 15) is 13.2 Å². The Morgan fingerprint density at radius 2 is 1.51 bits per heavy atom. The number of aliphatic carboxylic acids is 1. The van der Waals surface area contributed by atoms with Crippen LogP contribution in [0.3, 0.4) is 0 Å². The molecule has 5 nitrogen and oxygen atoms in total. The first-order chi connectivity index (χ1) is 18.8. The van der Waals surface area contributed by atoms with Gasteiger partial charge in [-0.2, -0.15) is 0 Å². The Morgan fingerprint density at radius 1 is 0.821 bits per heavy atom. The zero-order chi connectivity index (χ0) is 27.7. The Bertz CT molecular complexity index is 1530. The lowest BCUT2D eigenvalue weighted by Gasteiger charge is -2.11. The van der Waals surface area contributed by atoms with Gasteiger partial charge >= 0.3 is 5.97 Å². The third kappa shape index (κ3) is 8.23. The highest BCUT2D eigenvalue weighted by Crippen LogP contribution is 2.27. The lowest BCUT2D eigenvalue weighted by Crippen LogP contribution is -2.25. The van der Waals surface area contributed by atoms with Crippen LogP contribution in [0, 0.1) is 0 Å². The number of halogens is 1. The van der Waals surface area contributed by atoms with Gasteiger partial charge in [-0.25, -0.2) is 13.1 Å². The van der Waals surface area contributed by atoms with Gasteiger partial charge in [0.1, 0.15) is 0 Å². The van der Waals surface area contributed by atoms with Crippen LogP contribution in [-0.4, -0.2) is 26.0 Å². The van der Waals surface area contributed by atoms with E-state index in [0.29, 0.717) is 19.3 Å². The predicted octanol–water partition coefficient (Wildman–Crippen LogP) is 7.32. The van der Waals surface area contributed by atoms with Gasteiger partial charge in [-0.1, -0.05) is 101 Å². The highest BCUT2D eigenvalue weighted by atomic mass is 79.9. The Hall–Kier alpha value is -3.52. The van der Waals surface area contributed by atoms with Gasteiger partial charge in [-0.05, 0) is 76.9 Å². The lowest BCUT2D eigenvalue weighted by atomic mass is 9.95. The SMILES string of the molecule is O=C(O)CCC/C=C(\c1ccc(CCNS(=O)(=O)c2ccc(-c3ccccc3)cc2)cc1)c1cccc(Br)c1. The van der Waals surface area contributed by atoms with Crippen LogP contribution in [0.2, 0.25) is 0 Å². The van der Waals surface area contributed by atoms with Crippen molar-refractivity contribution in [3.8, 4) is 11.1 Å². The number of allylic oxidation sites excluding steroid dienone is 1. The molecule has 7 heteroatoms. The summed E-state index contributed by atoms with van der Waals surface area (Å²) >= 11 is 3.53. The Morgan fingerprint density at radius 3 is 2.18 bits per heavy atom. The van der Waals surface area contributed by atoms with Crippen molar-refractivity contribution in [1.82, 2.24) is 4.72 Å². The molecule has 0 radical (unpaired) electrons. The van der Waals surface area contributed by atoms with Crippen LogP contribution < -0.4 is 4.72 Å². The maximum atomic E-state index is 12.8. The van der Waals surface area contributed by atoms with Crippen molar-refractivity contribution in [2.45, 2.75) is 30.6 Å². The predicted molar refractivity (Wildman–Crippen MR) is 160 cm³/mol. The van der Waals surface area contributed by atoms with E-state index in [2.05, 4.69) is 26.7 Å². The van der Waals surface area contributed by atoms with Gasteiger partial charge < -0.3 is 5.11 Å². The first-order valence-electron chi connectivity index (χ1n) is 12.7. The molecule has 0 aliphatic carbocycles. The van der Waals surface area contributed by atoms with E-state index in [0.717, 1.165) is 37.9 Å². The molecule has 0 aliphatic heterocycles. The molecule has 0 saturated carbocycles. The molecule has 0 fully saturated rings. The van der Waals surface area contributed by atoms with Gasteiger partial charge in [0.15, 0.2) is 0 Å². The van der Waals surface area contributed by atoms with Crippen LogP contribution >= 0.6 is 15.9 Å². The molecule has 0 aromatic heterocycles. The van der Waals surface area contributed by atoms with Gasteiger partial charge in [0.05, 0.1) is 4.90 Å². The molecule has 4 aromatic rings. The highest BCUT2D eigenvalue weighted by Gasteiger charge is 2.14. The van der Waals surface area contributed by atoms with Gasteiger partial charge in [0.25, 0.3) is 0 Å². The standard InChI is InChI=1S/C32H30BrNO4S/c33-29-10-6-9-28(23-29)31(11-4-5-12-32(35)36)27-15-13-24(14-16-27)21-22-34-39(37,38)30-19-17-26(18-20-30)25-7-2-1-3-8-25/h1-3,6-11,13-20,23,34H,4-5,12,21-22H2,(H,35,36)/b31-11+. The summed E-state index contributed by atoms with van der Waals surface area (Å²) in [7, 11) is -3.62. The molecule has 4 aromatic carbocycles.